The van der Waals surface area contributed by atoms with Gasteiger partial charge in [0.2, 0.25) is 0 Å². The molecule has 0 saturated carbocycles. The van der Waals surface area contributed by atoms with Crippen LogP contribution in [0.25, 0.3) is 0 Å². The normalized spacial score (nSPS) is 15.8. The molecule has 0 bridgehead atoms. The second-order valence-corrected chi connectivity index (χ2v) is 6.48. The maximum Gasteiger partial charge on any atom is 0.387 e. The summed E-state index contributed by atoms with van der Waals surface area (Å²) in [4.78, 5) is 1.80. The fraction of sp³-hybridized carbons (Fsp3) is 0.316. The number of nitrogens with one attached hydrogen (secondary N) is 1. The first-order valence-electron chi connectivity index (χ1n) is 8.45. The zero-order valence-electron chi connectivity index (χ0n) is 15.3. The Morgan fingerprint density at radius 2 is 1.79 bits per heavy atom. The van der Waals surface area contributed by atoms with E-state index < -0.39 is 12.7 Å². The maximum atomic E-state index is 12.2. The molecule has 28 heavy (non-hydrogen) atoms. The highest BCUT2D eigenvalue weighted by molar-refractivity contribution is 7.80. The Morgan fingerprint density at radius 3 is 2.39 bits per heavy atom. The van der Waals surface area contributed by atoms with Crippen molar-refractivity contribution in [3.63, 3.8) is 0 Å². The molecule has 0 fully saturated rings. The van der Waals surface area contributed by atoms with Crippen molar-refractivity contribution in [1.29, 1.82) is 0 Å². The Labute approximate surface area is 166 Å². The highest BCUT2D eigenvalue weighted by Crippen LogP contribution is 2.39. The van der Waals surface area contributed by atoms with Gasteiger partial charge in [-0.05, 0) is 48.6 Å². The molecule has 6 nitrogen and oxygen atoms in total. The highest BCUT2D eigenvalue weighted by atomic mass is 32.1. The fourth-order valence-corrected chi connectivity index (χ4v) is 3.41. The number of methoxy groups -OCH3 is 2. The topological polar surface area (TPSA) is 63.2 Å². The molecule has 1 aliphatic heterocycles. The number of ether oxygens (including phenoxy) is 3. The molecule has 1 aliphatic rings. The molecule has 2 N–H and O–H groups in total. The van der Waals surface area contributed by atoms with Gasteiger partial charge < -0.3 is 29.5 Å². The molecular weight excluding hydrogens is 390 g/mol. The summed E-state index contributed by atoms with van der Waals surface area (Å²) in [6, 6.07) is 9.56. The summed E-state index contributed by atoms with van der Waals surface area (Å²) in [6.07, 6.45) is -0.810. The van der Waals surface area contributed by atoms with Crippen LogP contribution >= 0.6 is 12.2 Å². The summed E-state index contributed by atoms with van der Waals surface area (Å²) in [6.45, 7) is -2.18. The lowest BCUT2D eigenvalue weighted by molar-refractivity contribution is -0.0498. The van der Waals surface area contributed by atoms with Gasteiger partial charge in [-0.15, -0.1) is 0 Å². The Hall–Kier alpha value is -2.65. The molecule has 9 heteroatoms. The van der Waals surface area contributed by atoms with Crippen LogP contribution in [-0.2, 0) is 6.54 Å². The van der Waals surface area contributed by atoms with Crippen molar-refractivity contribution in [1.82, 2.24) is 4.90 Å². The van der Waals surface area contributed by atoms with E-state index in [1.54, 1.807) is 43.4 Å². The van der Waals surface area contributed by atoms with Crippen LogP contribution in [0.2, 0.25) is 0 Å². The number of anilines is 1. The number of fused-ring (bicyclic) bond motifs is 1. The van der Waals surface area contributed by atoms with E-state index in [0.29, 0.717) is 34.4 Å². The van der Waals surface area contributed by atoms with Crippen molar-refractivity contribution >= 4 is 23.0 Å². The van der Waals surface area contributed by atoms with Crippen LogP contribution in [0.3, 0.4) is 0 Å². The van der Waals surface area contributed by atoms with Crippen molar-refractivity contribution in [2.45, 2.75) is 19.3 Å². The number of hydrogen-bond donors (Lipinski definition) is 2. The summed E-state index contributed by atoms with van der Waals surface area (Å²) >= 11 is 5.46. The van der Waals surface area contributed by atoms with Gasteiger partial charge >= 0.3 is 6.61 Å². The van der Waals surface area contributed by atoms with E-state index in [-0.39, 0.29) is 12.3 Å². The van der Waals surface area contributed by atoms with Crippen molar-refractivity contribution in [2.24, 2.45) is 0 Å². The van der Waals surface area contributed by atoms with Gasteiger partial charge in [0.1, 0.15) is 23.4 Å². The molecule has 150 valence electrons. The molecule has 1 atom stereocenters. The van der Waals surface area contributed by atoms with Crippen LogP contribution in [0, 0.1) is 0 Å². The summed E-state index contributed by atoms with van der Waals surface area (Å²) < 4.78 is 39.6. The number of aliphatic hydroxyl groups excluding tert-OH is 1. The number of rotatable bonds is 5. The summed E-state index contributed by atoms with van der Waals surface area (Å²) in [5.74, 6) is 1.29. The minimum atomic E-state index is -2.87. The molecule has 0 aliphatic carbocycles. The predicted molar refractivity (Wildman–Crippen MR) is 104 cm³/mol. The van der Waals surface area contributed by atoms with E-state index in [0.717, 1.165) is 5.56 Å². The van der Waals surface area contributed by atoms with E-state index in [4.69, 9.17) is 21.7 Å². The van der Waals surface area contributed by atoms with Gasteiger partial charge in [-0.25, -0.2) is 0 Å². The predicted octanol–water partition coefficient (Wildman–Crippen LogP) is 3.55. The zero-order chi connectivity index (χ0) is 20.3. The number of halogens is 2. The Morgan fingerprint density at radius 1 is 1.14 bits per heavy atom. The zero-order valence-corrected chi connectivity index (χ0v) is 16.1. The number of nitrogens with zero attached hydrogens (tertiary/aromatic N) is 1. The molecule has 0 aromatic heterocycles. The van der Waals surface area contributed by atoms with Crippen molar-refractivity contribution in [3.05, 3.63) is 47.5 Å². The molecular formula is C19H20F2N2O4S. The second-order valence-electron chi connectivity index (χ2n) is 6.09. The molecule has 2 aromatic carbocycles. The average molecular weight is 410 g/mol. The van der Waals surface area contributed by atoms with Crippen molar-refractivity contribution in [2.75, 3.05) is 26.1 Å². The molecule has 0 unspecified atom stereocenters. The minimum absolute atomic E-state index is 0.0608. The third kappa shape index (κ3) is 4.26. The first-order valence-corrected chi connectivity index (χ1v) is 8.86. The average Bonchev–Trinajstić information content (AvgIpc) is 2.68. The van der Waals surface area contributed by atoms with Gasteiger partial charge in [-0.1, -0.05) is 0 Å². The first kappa shape index (κ1) is 20.1. The van der Waals surface area contributed by atoms with Crippen molar-refractivity contribution < 1.29 is 28.1 Å². The quantitative estimate of drug-likeness (QED) is 0.731. The van der Waals surface area contributed by atoms with Crippen molar-refractivity contribution in [3.8, 4) is 17.2 Å². The van der Waals surface area contributed by atoms with E-state index in [1.165, 1.54) is 12.1 Å². The number of benzene rings is 2. The van der Waals surface area contributed by atoms with Gasteiger partial charge in [-0.3, -0.25) is 0 Å². The fourth-order valence-electron chi connectivity index (χ4n) is 3.15. The van der Waals surface area contributed by atoms with E-state index in [9.17, 15) is 13.9 Å². The Bertz CT molecular complexity index is 849. The van der Waals surface area contributed by atoms with Gasteiger partial charge in [0, 0.05) is 23.4 Å². The molecule has 0 saturated heterocycles. The molecule has 0 radical (unpaired) electrons. The SMILES string of the molecule is COc1ccc(OC)c2c1CN(C(=S)Nc1ccc(OC(F)F)cc1)C[C@@H]2O. The molecule has 3 rings (SSSR count). The number of hydrogen-bond acceptors (Lipinski definition) is 5. The monoisotopic (exact) mass is 410 g/mol. The summed E-state index contributed by atoms with van der Waals surface area (Å²) in [5.41, 5.74) is 2.10. The molecule has 0 spiro atoms. The van der Waals surface area contributed by atoms with Crippen LogP contribution in [0.5, 0.6) is 17.2 Å². The smallest absolute Gasteiger partial charge is 0.387 e. The van der Waals surface area contributed by atoms with Gasteiger partial charge in [0.05, 0.1) is 20.8 Å². The standard InChI is InChI=1S/C19H20F2N2O4S/c1-25-15-7-8-16(26-2)17-13(15)9-23(10-14(17)24)19(28)22-11-3-5-12(6-4-11)27-18(20)21/h3-8,14,18,24H,9-10H2,1-2H3,(H,22,28)/t14-/m0/s1. The van der Waals surface area contributed by atoms with E-state index in [2.05, 4.69) is 10.1 Å². The minimum Gasteiger partial charge on any atom is -0.496 e. The van der Waals surface area contributed by atoms with Gasteiger partial charge in [0.25, 0.3) is 0 Å². The van der Waals surface area contributed by atoms with Crippen LogP contribution in [0.15, 0.2) is 36.4 Å². The third-order valence-corrected chi connectivity index (χ3v) is 4.77. The number of thiocarbonyl (C=S) groups is 1. The Balaban J connectivity index is 1.76. The van der Waals surface area contributed by atoms with Gasteiger partial charge in [0.15, 0.2) is 5.11 Å². The Kier molecular flexibility index (Phi) is 6.15. The van der Waals surface area contributed by atoms with E-state index in [1.807, 2.05) is 0 Å². The maximum absolute atomic E-state index is 12.2. The van der Waals surface area contributed by atoms with Crippen LogP contribution in [0.1, 0.15) is 17.2 Å². The lowest BCUT2D eigenvalue weighted by Crippen LogP contribution is -2.41. The lowest BCUT2D eigenvalue weighted by atomic mass is 9.95. The number of aliphatic hydroxyl groups is 1. The molecule has 0 amide bonds. The van der Waals surface area contributed by atoms with Crippen LogP contribution in [-0.4, -0.2) is 42.5 Å². The van der Waals surface area contributed by atoms with Gasteiger partial charge in [-0.2, -0.15) is 8.78 Å². The van der Waals surface area contributed by atoms with Crippen LogP contribution < -0.4 is 19.5 Å². The van der Waals surface area contributed by atoms with Crippen LogP contribution in [0.4, 0.5) is 14.5 Å². The summed E-state index contributed by atoms with van der Waals surface area (Å²) in [5, 5.41) is 14.1. The third-order valence-electron chi connectivity index (χ3n) is 4.41. The van der Waals surface area contributed by atoms with E-state index >= 15 is 0 Å². The number of alkyl halides is 2. The highest BCUT2D eigenvalue weighted by Gasteiger charge is 2.30. The first-order chi connectivity index (χ1) is 13.4. The molecule has 1 heterocycles. The lowest BCUT2D eigenvalue weighted by Gasteiger charge is -2.35. The largest absolute Gasteiger partial charge is 0.496 e. The molecule has 2 aromatic rings. The second kappa shape index (κ2) is 8.57. The number of β-amino-alcohol motifs (C(OH)–C–C–N with tert-alkyl or cyclic N) is 1. The summed E-state index contributed by atoms with van der Waals surface area (Å²) in [7, 11) is 3.11.